The van der Waals surface area contributed by atoms with Gasteiger partial charge in [-0.05, 0) is 24.1 Å². The van der Waals surface area contributed by atoms with Crippen molar-refractivity contribution in [1.82, 2.24) is 5.32 Å². The Morgan fingerprint density at radius 2 is 1.77 bits per heavy atom. The summed E-state index contributed by atoms with van der Waals surface area (Å²) in [5.74, 6) is -1.00. The van der Waals surface area contributed by atoms with E-state index < -0.39 is 23.9 Å². The second-order valence-electron chi connectivity index (χ2n) is 5.60. The molecule has 2 atom stereocenters. The molecule has 0 aromatic heterocycles. The monoisotopic (exact) mass is 367 g/mol. The van der Waals surface area contributed by atoms with Gasteiger partial charge in [0.2, 0.25) is 0 Å². The molecule has 1 rings (SSSR count). The van der Waals surface area contributed by atoms with Crippen LogP contribution in [0.15, 0.2) is 18.2 Å². The van der Waals surface area contributed by atoms with E-state index in [0.29, 0.717) is 12.0 Å². The Bertz CT molecular complexity index is 644. The summed E-state index contributed by atoms with van der Waals surface area (Å²) in [4.78, 5) is 35.5. The lowest BCUT2D eigenvalue weighted by molar-refractivity contribution is -0.146. The van der Waals surface area contributed by atoms with Crippen LogP contribution in [-0.2, 0) is 19.1 Å². The van der Waals surface area contributed by atoms with Gasteiger partial charge >= 0.3 is 11.9 Å². The Morgan fingerprint density at radius 1 is 1.08 bits per heavy atom. The van der Waals surface area contributed by atoms with E-state index in [1.807, 2.05) is 13.8 Å². The molecule has 0 spiro atoms. The molecule has 1 aromatic carbocycles. The molecule has 0 aliphatic heterocycles. The Morgan fingerprint density at radius 3 is 2.31 bits per heavy atom. The Balaban J connectivity index is 2.77. The van der Waals surface area contributed by atoms with Crippen molar-refractivity contribution in [3.8, 4) is 11.5 Å². The normalized spacial score (nSPS) is 12.5. The first kappa shape index (κ1) is 21.3. The fourth-order valence-corrected chi connectivity index (χ4v) is 2.19. The number of hydrogen-bond donors (Lipinski definition) is 1. The highest BCUT2D eigenvalue weighted by atomic mass is 16.5. The van der Waals surface area contributed by atoms with Gasteiger partial charge in [0.25, 0.3) is 5.91 Å². The van der Waals surface area contributed by atoms with Crippen LogP contribution in [0.2, 0.25) is 0 Å². The van der Waals surface area contributed by atoms with Gasteiger partial charge in [-0.2, -0.15) is 0 Å². The van der Waals surface area contributed by atoms with E-state index >= 15 is 0 Å². The lowest BCUT2D eigenvalue weighted by Crippen LogP contribution is -2.47. The summed E-state index contributed by atoms with van der Waals surface area (Å²) in [6, 6.07) is 3.71. The van der Waals surface area contributed by atoms with E-state index in [1.54, 1.807) is 0 Å². The van der Waals surface area contributed by atoms with E-state index in [1.165, 1.54) is 39.5 Å². The molecule has 0 bridgehead atoms. The molecule has 0 saturated carbocycles. The molecular formula is C18H25NO7. The number of nitrogens with one attached hydrogen (secondary N) is 1. The van der Waals surface area contributed by atoms with E-state index in [9.17, 15) is 14.4 Å². The second-order valence-corrected chi connectivity index (χ2v) is 5.60. The van der Waals surface area contributed by atoms with Crippen LogP contribution in [-0.4, -0.2) is 51.8 Å². The van der Waals surface area contributed by atoms with Crippen molar-refractivity contribution in [2.75, 3.05) is 27.9 Å². The van der Waals surface area contributed by atoms with Crippen LogP contribution in [0.3, 0.4) is 0 Å². The summed E-state index contributed by atoms with van der Waals surface area (Å²) in [6.45, 7) is 3.44. The number of methoxy groups -OCH3 is 3. The minimum Gasteiger partial charge on any atom is -0.493 e. The van der Waals surface area contributed by atoms with Crippen LogP contribution in [0, 0.1) is 5.92 Å². The molecule has 0 radical (unpaired) electrons. The molecule has 144 valence electrons. The van der Waals surface area contributed by atoms with Crippen LogP contribution in [0.4, 0.5) is 0 Å². The molecular weight excluding hydrogens is 342 g/mol. The molecule has 0 heterocycles. The average Bonchev–Trinajstić information content (AvgIpc) is 2.68. The highest BCUT2D eigenvalue weighted by Crippen LogP contribution is 2.28. The largest absolute Gasteiger partial charge is 0.493 e. The van der Waals surface area contributed by atoms with Crippen molar-refractivity contribution >= 4 is 17.8 Å². The maximum absolute atomic E-state index is 12.1. The number of carbonyl (C=O) groups is 3. The molecule has 0 unspecified atom stereocenters. The van der Waals surface area contributed by atoms with Gasteiger partial charge in [0.05, 0.1) is 26.9 Å². The number of carbonyl (C=O) groups excluding carboxylic acids is 3. The smallest absolute Gasteiger partial charge is 0.337 e. The van der Waals surface area contributed by atoms with Gasteiger partial charge in [-0.15, -0.1) is 0 Å². The fourth-order valence-electron chi connectivity index (χ4n) is 2.19. The van der Waals surface area contributed by atoms with Gasteiger partial charge in [0.1, 0.15) is 6.04 Å². The minimum atomic E-state index is -0.746. The highest BCUT2D eigenvalue weighted by molar-refractivity contribution is 5.90. The average molecular weight is 367 g/mol. The van der Waals surface area contributed by atoms with E-state index in [2.05, 4.69) is 10.1 Å². The van der Waals surface area contributed by atoms with Crippen LogP contribution >= 0.6 is 0 Å². The molecule has 8 nitrogen and oxygen atoms in total. The molecule has 0 saturated heterocycles. The van der Waals surface area contributed by atoms with Crippen molar-refractivity contribution in [1.29, 1.82) is 0 Å². The lowest BCUT2D eigenvalue weighted by atomic mass is 9.99. The number of hydrogen-bond acceptors (Lipinski definition) is 7. The Labute approximate surface area is 152 Å². The van der Waals surface area contributed by atoms with Crippen LogP contribution in [0.25, 0.3) is 0 Å². The molecule has 0 aliphatic rings. The zero-order valence-electron chi connectivity index (χ0n) is 15.7. The highest BCUT2D eigenvalue weighted by Gasteiger charge is 2.26. The number of ether oxygens (including phenoxy) is 4. The topological polar surface area (TPSA) is 100 Å². The van der Waals surface area contributed by atoms with E-state index in [4.69, 9.17) is 14.2 Å². The zero-order chi connectivity index (χ0) is 19.7. The molecule has 0 fully saturated rings. The van der Waals surface area contributed by atoms with Crippen LogP contribution < -0.4 is 14.8 Å². The SMILES string of the molecule is CC[C@@H](C)[C@H](NC(=O)COc1ccc(C(=O)OC)cc1OC)C(=O)OC. The summed E-state index contributed by atoms with van der Waals surface area (Å²) in [7, 11) is 3.96. The van der Waals surface area contributed by atoms with Crippen molar-refractivity contribution in [3.05, 3.63) is 23.8 Å². The molecule has 26 heavy (non-hydrogen) atoms. The first-order valence-corrected chi connectivity index (χ1v) is 8.14. The summed E-state index contributed by atoms with van der Waals surface area (Å²) in [5, 5.41) is 2.61. The second kappa shape index (κ2) is 10.3. The van der Waals surface area contributed by atoms with E-state index in [0.717, 1.165) is 0 Å². The molecule has 1 N–H and O–H groups in total. The van der Waals surface area contributed by atoms with Gasteiger partial charge in [-0.1, -0.05) is 20.3 Å². The zero-order valence-corrected chi connectivity index (χ0v) is 15.7. The molecule has 0 aliphatic carbocycles. The first-order chi connectivity index (χ1) is 12.4. The number of amides is 1. The van der Waals surface area contributed by atoms with Crippen LogP contribution in [0.1, 0.15) is 30.6 Å². The maximum atomic E-state index is 12.1. The first-order valence-electron chi connectivity index (χ1n) is 8.14. The van der Waals surface area contributed by atoms with Crippen molar-refractivity contribution in [3.63, 3.8) is 0 Å². The fraction of sp³-hybridized carbons (Fsp3) is 0.500. The minimum absolute atomic E-state index is 0.0831. The van der Waals surface area contributed by atoms with Crippen molar-refractivity contribution < 1.29 is 33.3 Å². The third kappa shape index (κ3) is 5.65. The lowest BCUT2D eigenvalue weighted by Gasteiger charge is -2.22. The summed E-state index contributed by atoms with van der Waals surface area (Å²) >= 11 is 0. The van der Waals surface area contributed by atoms with E-state index in [-0.39, 0.29) is 24.0 Å². The Hall–Kier alpha value is -2.77. The quantitative estimate of drug-likeness (QED) is 0.661. The standard InChI is InChI=1S/C18H25NO7/c1-6-11(2)16(18(22)25-5)19-15(20)10-26-13-8-7-12(17(21)24-4)9-14(13)23-3/h7-9,11,16H,6,10H2,1-5H3,(H,19,20)/t11-,16+/m1/s1. The summed E-state index contributed by atoms with van der Waals surface area (Å²) < 4.78 is 20.0. The molecule has 1 amide bonds. The third-order valence-corrected chi connectivity index (χ3v) is 3.93. The number of rotatable bonds is 9. The Kier molecular flexibility index (Phi) is 8.41. The van der Waals surface area contributed by atoms with Crippen molar-refractivity contribution in [2.24, 2.45) is 5.92 Å². The van der Waals surface area contributed by atoms with Gasteiger partial charge in [-0.3, -0.25) is 4.79 Å². The molecule has 1 aromatic rings. The predicted octanol–water partition coefficient (Wildman–Crippen LogP) is 1.56. The number of benzene rings is 1. The van der Waals surface area contributed by atoms with Crippen molar-refractivity contribution in [2.45, 2.75) is 26.3 Å². The summed E-state index contributed by atoms with van der Waals surface area (Å²) in [6.07, 6.45) is 0.698. The van der Waals surface area contributed by atoms with Gasteiger partial charge in [0.15, 0.2) is 18.1 Å². The van der Waals surface area contributed by atoms with Gasteiger partial charge < -0.3 is 24.3 Å². The molecule has 8 heteroatoms. The van der Waals surface area contributed by atoms with Gasteiger partial charge in [-0.25, -0.2) is 9.59 Å². The number of esters is 2. The summed E-state index contributed by atoms with van der Waals surface area (Å²) in [5.41, 5.74) is 0.295. The predicted molar refractivity (Wildman–Crippen MR) is 93.2 cm³/mol. The van der Waals surface area contributed by atoms with Gasteiger partial charge in [0, 0.05) is 0 Å². The third-order valence-electron chi connectivity index (χ3n) is 3.93. The van der Waals surface area contributed by atoms with Crippen LogP contribution in [0.5, 0.6) is 11.5 Å². The maximum Gasteiger partial charge on any atom is 0.337 e.